The first kappa shape index (κ1) is 20.8. The predicted octanol–water partition coefficient (Wildman–Crippen LogP) is 2.63. The van der Waals surface area contributed by atoms with Crippen molar-refractivity contribution in [3.8, 4) is 0 Å². The van der Waals surface area contributed by atoms with E-state index in [1.165, 1.54) is 6.08 Å². The molecule has 1 aliphatic rings. The van der Waals surface area contributed by atoms with Crippen LogP contribution in [0.15, 0.2) is 30.3 Å². The molecule has 2 amide bonds. The third-order valence-corrected chi connectivity index (χ3v) is 4.23. The van der Waals surface area contributed by atoms with Crippen LogP contribution in [-0.2, 0) is 19.1 Å². The molecule has 0 atom stereocenters. The number of ether oxygens (including phenoxy) is 2. The van der Waals surface area contributed by atoms with Gasteiger partial charge in [-0.15, -0.1) is 0 Å². The van der Waals surface area contributed by atoms with E-state index in [-0.39, 0.29) is 24.6 Å². The summed E-state index contributed by atoms with van der Waals surface area (Å²) in [6.45, 7) is 2.79. The van der Waals surface area contributed by atoms with Crippen LogP contribution < -0.4 is 5.32 Å². The summed E-state index contributed by atoms with van der Waals surface area (Å²) in [4.78, 5) is 36.9. The Kier molecular flexibility index (Phi) is 8.13. The largest absolute Gasteiger partial charge is 0.452 e. The first-order valence-electron chi connectivity index (χ1n) is 8.79. The van der Waals surface area contributed by atoms with Crippen LogP contribution in [0.1, 0.15) is 25.3 Å². The van der Waals surface area contributed by atoms with Crippen LogP contribution in [0.2, 0.25) is 5.02 Å². The van der Waals surface area contributed by atoms with Crippen molar-refractivity contribution in [2.75, 3.05) is 26.3 Å². The molecular formula is C19H23ClN2O5. The Morgan fingerprint density at radius 1 is 1.26 bits per heavy atom. The van der Waals surface area contributed by atoms with E-state index in [2.05, 4.69) is 5.32 Å². The highest BCUT2D eigenvalue weighted by molar-refractivity contribution is 6.30. The van der Waals surface area contributed by atoms with Crippen LogP contribution in [0.25, 0.3) is 6.08 Å². The van der Waals surface area contributed by atoms with Crippen molar-refractivity contribution < 1.29 is 23.9 Å². The average Bonchev–Trinajstić information content (AvgIpc) is 2.65. The number of nitrogens with zero attached hydrogens (tertiary/aromatic N) is 1. The van der Waals surface area contributed by atoms with Crippen molar-refractivity contribution in [2.45, 2.75) is 25.8 Å². The molecule has 1 aromatic carbocycles. The fourth-order valence-electron chi connectivity index (χ4n) is 2.65. The van der Waals surface area contributed by atoms with E-state index in [0.717, 1.165) is 5.56 Å². The highest BCUT2D eigenvalue weighted by Crippen LogP contribution is 2.12. The van der Waals surface area contributed by atoms with Gasteiger partial charge in [-0.25, -0.2) is 9.59 Å². The first-order valence-corrected chi connectivity index (χ1v) is 9.17. The molecule has 0 unspecified atom stereocenters. The normalized spacial score (nSPS) is 14.8. The third kappa shape index (κ3) is 7.30. The second-order valence-corrected chi connectivity index (χ2v) is 6.46. The Morgan fingerprint density at radius 2 is 2.00 bits per heavy atom. The van der Waals surface area contributed by atoms with Gasteiger partial charge in [0.1, 0.15) is 0 Å². The fraction of sp³-hybridized carbons (Fsp3) is 0.421. The Hall–Kier alpha value is -2.54. The summed E-state index contributed by atoms with van der Waals surface area (Å²) >= 11 is 5.87. The van der Waals surface area contributed by atoms with Crippen LogP contribution in [0.4, 0.5) is 4.79 Å². The SMILES string of the molecule is CCOC(=O)N1CCC(NC(=O)COC(=O)/C=C/c2cccc(Cl)c2)CC1. The lowest BCUT2D eigenvalue weighted by Crippen LogP contribution is -2.47. The second-order valence-electron chi connectivity index (χ2n) is 6.02. The quantitative estimate of drug-likeness (QED) is 0.592. The van der Waals surface area contributed by atoms with Crippen LogP contribution in [0, 0.1) is 0 Å². The van der Waals surface area contributed by atoms with Gasteiger partial charge >= 0.3 is 12.1 Å². The fourth-order valence-corrected chi connectivity index (χ4v) is 2.85. The highest BCUT2D eigenvalue weighted by Gasteiger charge is 2.24. The highest BCUT2D eigenvalue weighted by atomic mass is 35.5. The maximum atomic E-state index is 11.9. The van der Waals surface area contributed by atoms with Gasteiger partial charge in [-0.05, 0) is 43.5 Å². The summed E-state index contributed by atoms with van der Waals surface area (Å²) in [7, 11) is 0. The molecular weight excluding hydrogens is 372 g/mol. The summed E-state index contributed by atoms with van der Waals surface area (Å²) in [6.07, 6.45) is 3.75. The summed E-state index contributed by atoms with van der Waals surface area (Å²) in [6, 6.07) is 6.96. The summed E-state index contributed by atoms with van der Waals surface area (Å²) in [5, 5.41) is 3.38. The van der Waals surface area contributed by atoms with Gasteiger partial charge in [-0.3, -0.25) is 4.79 Å². The van der Waals surface area contributed by atoms with Crippen LogP contribution in [0.3, 0.4) is 0 Å². The molecule has 1 heterocycles. The molecule has 146 valence electrons. The van der Waals surface area contributed by atoms with Crippen LogP contribution >= 0.6 is 11.6 Å². The van der Waals surface area contributed by atoms with Crippen LogP contribution in [-0.4, -0.2) is 55.2 Å². The molecule has 1 saturated heterocycles. The number of halogens is 1. The standard InChI is InChI=1S/C19H23ClN2O5/c1-2-26-19(25)22-10-8-16(9-11-22)21-17(23)13-27-18(24)7-6-14-4-3-5-15(20)12-14/h3-7,12,16H,2,8-11,13H2,1H3,(H,21,23)/b7-6+. The van der Waals surface area contributed by atoms with Gasteiger partial charge in [-0.1, -0.05) is 23.7 Å². The van der Waals surface area contributed by atoms with Gasteiger partial charge < -0.3 is 19.7 Å². The Balaban J connectivity index is 1.67. The molecule has 1 aliphatic heterocycles. The molecule has 0 radical (unpaired) electrons. The minimum atomic E-state index is -0.609. The van der Waals surface area contributed by atoms with Crippen molar-refractivity contribution in [1.82, 2.24) is 10.2 Å². The van der Waals surface area contributed by atoms with Gasteiger partial charge in [0, 0.05) is 30.2 Å². The number of esters is 1. The second kappa shape index (κ2) is 10.6. The Morgan fingerprint density at radius 3 is 2.67 bits per heavy atom. The molecule has 0 saturated carbocycles. The number of likely N-dealkylation sites (tertiary alicyclic amines) is 1. The van der Waals surface area contributed by atoms with Crippen LogP contribution in [0.5, 0.6) is 0 Å². The van der Waals surface area contributed by atoms with Gasteiger partial charge in [-0.2, -0.15) is 0 Å². The predicted molar refractivity (Wildman–Crippen MR) is 101 cm³/mol. The van der Waals surface area contributed by atoms with Crippen molar-refractivity contribution in [1.29, 1.82) is 0 Å². The number of benzene rings is 1. The molecule has 2 rings (SSSR count). The van der Waals surface area contributed by atoms with E-state index in [1.807, 2.05) is 0 Å². The molecule has 27 heavy (non-hydrogen) atoms. The maximum Gasteiger partial charge on any atom is 0.409 e. The van der Waals surface area contributed by atoms with Gasteiger partial charge in [0.25, 0.3) is 5.91 Å². The monoisotopic (exact) mass is 394 g/mol. The van der Waals surface area contributed by atoms with Gasteiger partial charge in [0.2, 0.25) is 0 Å². The molecule has 8 heteroatoms. The Bertz CT molecular complexity index is 699. The number of carbonyl (C=O) groups excluding carboxylic acids is 3. The van der Waals surface area contributed by atoms with Crippen molar-refractivity contribution >= 4 is 35.6 Å². The van der Waals surface area contributed by atoms with Crippen molar-refractivity contribution in [2.24, 2.45) is 0 Å². The summed E-state index contributed by atoms with van der Waals surface area (Å²) in [5.41, 5.74) is 0.761. The topological polar surface area (TPSA) is 84.9 Å². The Labute approximate surface area is 163 Å². The lowest BCUT2D eigenvalue weighted by Gasteiger charge is -2.31. The molecule has 0 aromatic heterocycles. The van der Waals surface area contributed by atoms with Gasteiger partial charge in [0.15, 0.2) is 6.61 Å². The maximum absolute atomic E-state index is 11.9. The number of piperidine rings is 1. The number of amides is 2. The van der Waals surface area contributed by atoms with Crippen molar-refractivity contribution in [3.05, 3.63) is 40.9 Å². The van der Waals surface area contributed by atoms with E-state index >= 15 is 0 Å². The number of carbonyl (C=O) groups is 3. The van der Waals surface area contributed by atoms with E-state index in [9.17, 15) is 14.4 Å². The minimum Gasteiger partial charge on any atom is -0.452 e. The molecule has 0 bridgehead atoms. The number of rotatable bonds is 6. The lowest BCUT2D eigenvalue weighted by molar-refractivity contribution is -0.144. The lowest BCUT2D eigenvalue weighted by atomic mass is 10.1. The number of hydrogen-bond donors (Lipinski definition) is 1. The molecule has 1 fully saturated rings. The number of hydrogen-bond acceptors (Lipinski definition) is 5. The smallest absolute Gasteiger partial charge is 0.409 e. The van der Waals surface area contributed by atoms with E-state index in [1.54, 1.807) is 42.2 Å². The van der Waals surface area contributed by atoms with Crippen molar-refractivity contribution in [3.63, 3.8) is 0 Å². The molecule has 1 aromatic rings. The molecule has 1 N–H and O–H groups in total. The first-order chi connectivity index (χ1) is 13.0. The minimum absolute atomic E-state index is 0.0520. The molecule has 0 spiro atoms. The van der Waals surface area contributed by atoms with E-state index in [0.29, 0.717) is 37.6 Å². The number of nitrogens with one attached hydrogen (secondary N) is 1. The molecule has 7 nitrogen and oxygen atoms in total. The van der Waals surface area contributed by atoms with E-state index in [4.69, 9.17) is 21.1 Å². The zero-order valence-electron chi connectivity index (χ0n) is 15.2. The average molecular weight is 395 g/mol. The summed E-state index contributed by atoms with van der Waals surface area (Å²) < 4.78 is 9.89. The summed E-state index contributed by atoms with van der Waals surface area (Å²) in [5.74, 6) is -0.976. The third-order valence-electron chi connectivity index (χ3n) is 3.99. The van der Waals surface area contributed by atoms with Gasteiger partial charge in [0.05, 0.1) is 6.61 Å². The molecule has 0 aliphatic carbocycles. The zero-order chi connectivity index (χ0) is 19.6. The zero-order valence-corrected chi connectivity index (χ0v) is 15.9. The van der Waals surface area contributed by atoms with E-state index < -0.39 is 5.97 Å².